The fourth-order valence-corrected chi connectivity index (χ4v) is 2.52. The summed E-state index contributed by atoms with van der Waals surface area (Å²) in [7, 11) is -1.01. The number of hydrogen-bond donors (Lipinski definition) is 0. The average molecular weight is 352 g/mol. The predicted molar refractivity (Wildman–Crippen MR) is 101 cm³/mol. The molecule has 0 amide bonds. The zero-order valence-electron chi connectivity index (χ0n) is 15.5. The second kappa shape index (κ2) is 7.10. The van der Waals surface area contributed by atoms with Gasteiger partial charge in [-0.1, -0.05) is 30.0 Å². The lowest BCUT2D eigenvalue weighted by atomic mass is 9.86. The molecule has 0 spiro atoms. The Morgan fingerprint density at radius 3 is 2.54 bits per heavy atom. The summed E-state index contributed by atoms with van der Waals surface area (Å²) in [4.78, 5) is 0. The summed E-state index contributed by atoms with van der Waals surface area (Å²) in [5.74, 6) is 6.13. The number of aromatic nitrogens is 2. The van der Waals surface area contributed by atoms with Crippen molar-refractivity contribution in [1.82, 2.24) is 9.78 Å². The number of rotatable bonds is 3. The molecule has 0 atom stereocenters. The molecule has 3 rings (SSSR count). The molecule has 2 aromatic rings. The topological polar surface area (TPSA) is 36.3 Å². The van der Waals surface area contributed by atoms with Crippen LogP contribution in [-0.4, -0.2) is 28.1 Å². The van der Waals surface area contributed by atoms with Gasteiger partial charge in [0, 0.05) is 18.0 Å². The fraction of sp³-hybridized carbons (Fsp3) is 0.350. The molecule has 1 aromatic heterocycles. The number of nitrogens with zero attached hydrogens (tertiary/aromatic N) is 2. The van der Waals surface area contributed by atoms with E-state index in [0.29, 0.717) is 12.1 Å². The molecule has 26 heavy (non-hydrogen) atoms. The van der Waals surface area contributed by atoms with E-state index >= 15 is 0 Å². The Balaban J connectivity index is 1.80. The lowest BCUT2D eigenvalue weighted by Gasteiger charge is -2.32. The van der Waals surface area contributed by atoms with Crippen molar-refractivity contribution < 1.29 is 13.7 Å². The molecule has 1 aliphatic rings. The van der Waals surface area contributed by atoms with Crippen LogP contribution in [0.4, 0.5) is 4.39 Å². The SMILES string of the molecule is CC1(C)OB(C(F)=Cc2ccccc2C#CCn2cccn2)OC1(C)C. The van der Waals surface area contributed by atoms with E-state index in [4.69, 9.17) is 9.31 Å². The van der Waals surface area contributed by atoms with Crippen molar-refractivity contribution in [3.8, 4) is 11.8 Å². The van der Waals surface area contributed by atoms with Crippen LogP contribution in [0.25, 0.3) is 6.08 Å². The largest absolute Gasteiger partial charge is 0.525 e. The van der Waals surface area contributed by atoms with Gasteiger partial charge >= 0.3 is 7.12 Å². The molecule has 1 aromatic carbocycles. The first-order chi connectivity index (χ1) is 12.3. The second-order valence-corrected chi connectivity index (χ2v) is 7.21. The number of hydrogen-bond acceptors (Lipinski definition) is 3. The predicted octanol–water partition coefficient (Wildman–Crippen LogP) is 3.88. The maximum absolute atomic E-state index is 14.8. The number of halogens is 1. The zero-order chi connectivity index (χ0) is 18.8. The molecule has 1 saturated heterocycles. The van der Waals surface area contributed by atoms with E-state index in [-0.39, 0.29) is 0 Å². The maximum atomic E-state index is 14.8. The Morgan fingerprint density at radius 1 is 1.19 bits per heavy atom. The van der Waals surface area contributed by atoms with Crippen LogP contribution in [0, 0.1) is 11.8 Å². The van der Waals surface area contributed by atoms with Gasteiger partial charge < -0.3 is 9.31 Å². The van der Waals surface area contributed by atoms with Crippen molar-refractivity contribution in [2.24, 2.45) is 0 Å². The van der Waals surface area contributed by atoms with Crippen LogP contribution >= 0.6 is 0 Å². The molecule has 134 valence electrons. The Morgan fingerprint density at radius 2 is 1.88 bits per heavy atom. The van der Waals surface area contributed by atoms with Gasteiger partial charge in [0.1, 0.15) is 12.3 Å². The molecular formula is C20H22BFN2O2. The van der Waals surface area contributed by atoms with Crippen molar-refractivity contribution >= 4 is 13.2 Å². The summed E-state index contributed by atoms with van der Waals surface area (Å²) in [6.45, 7) is 8.07. The minimum atomic E-state index is -1.01. The van der Waals surface area contributed by atoms with Crippen molar-refractivity contribution in [2.75, 3.05) is 0 Å². The van der Waals surface area contributed by atoms with E-state index in [1.807, 2.05) is 64.2 Å². The van der Waals surface area contributed by atoms with Crippen LogP contribution < -0.4 is 0 Å². The first-order valence-electron chi connectivity index (χ1n) is 8.56. The fourth-order valence-electron chi connectivity index (χ4n) is 2.52. The van der Waals surface area contributed by atoms with Crippen molar-refractivity contribution in [3.63, 3.8) is 0 Å². The van der Waals surface area contributed by atoms with Crippen LogP contribution in [0.15, 0.2) is 48.5 Å². The molecule has 0 N–H and O–H groups in total. The van der Waals surface area contributed by atoms with Crippen molar-refractivity contribution in [1.29, 1.82) is 0 Å². The summed E-state index contributed by atoms with van der Waals surface area (Å²) in [5, 5.41) is 4.11. The first kappa shape index (κ1) is 18.4. The first-order valence-corrected chi connectivity index (χ1v) is 8.56. The van der Waals surface area contributed by atoms with Crippen LogP contribution in [0.1, 0.15) is 38.8 Å². The summed E-state index contributed by atoms with van der Waals surface area (Å²) in [6, 6.07) is 9.25. The van der Waals surface area contributed by atoms with E-state index in [9.17, 15) is 4.39 Å². The number of benzene rings is 1. The summed E-state index contributed by atoms with van der Waals surface area (Å²) in [6.07, 6.45) is 4.98. The molecule has 1 aliphatic heterocycles. The Kier molecular flexibility index (Phi) is 5.04. The van der Waals surface area contributed by atoms with Gasteiger partial charge in [0.05, 0.1) is 11.2 Å². The lowest BCUT2D eigenvalue weighted by Crippen LogP contribution is -2.41. The van der Waals surface area contributed by atoms with Gasteiger partial charge in [0.25, 0.3) is 0 Å². The smallest absolute Gasteiger partial charge is 0.398 e. The van der Waals surface area contributed by atoms with Crippen LogP contribution in [0.3, 0.4) is 0 Å². The van der Waals surface area contributed by atoms with Gasteiger partial charge in [-0.3, -0.25) is 4.68 Å². The quantitative estimate of drug-likeness (QED) is 0.621. The minimum Gasteiger partial charge on any atom is -0.398 e. The Hall–Kier alpha value is -2.36. The van der Waals surface area contributed by atoms with Gasteiger partial charge in [-0.05, 0) is 51.5 Å². The molecule has 0 unspecified atom stereocenters. The normalized spacial score (nSPS) is 18.5. The molecule has 0 radical (unpaired) electrons. The van der Waals surface area contributed by atoms with E-state index in [1.54, 1.807) is 10.9 Å². The highest BCUT2D eigenvalue weighted by Crippen LogP contribution is 2.39. The lowest BCUT2D eigenvalue weighted by molar-refractivity contribution is 0.00578. The molecule has 0 aliphatic carbocycles. The summed E-state index contributed by atoms with van der Waals surface area (Å²) in [5.41, 5.74) is -0.193. The van der Waals surface area contributed by atoms with E-state index in [1.165, 1.54) is 6.08 Å². The van der Waals surface area contributed by atoms with Gasteiger partial charge in [-0.25, -0.2) is 4.39 Å². The maximum Gasteiger partial charge on any atom is 0.525 e. The third kappa shape index (κ3) is 3.90. The molecule has 4 nitrogen and oxygen atoms in total. The van der Waals surface area contributed by atoms with Crippen LogP contribution in [0.5, 0.6) is 0 Å². The van der Waals surface area contributed by atoms with Crippen LogP contribution in [0.2, 0.25) is 0 Å². The summed E-state index contributed by atoms with van der Waals surface area (Å²) < 4.78 is 28.0. The molecule has 2 heterocycles. The monoisotopic (exact) mass is 352 g/mol. The molecule has 1 fully saturated rings. The highest BCUT2D eigenvalue weighted by Gasteiger charge is 2.53. The third-order valence-electron chi connectivity index (χ3n) is 4.76. The third-order valence-corrected chi connectivity index (χ3v) is 4.76. The average Bonchev–Trinajstić information content (AvgIpc) is 3.15. The van der Waals surface area contributed by atoms with Crippen molar-refractivity contribution in [2.45, 2.75) is 45.4 Å². The van der Waals surface area contributed by atoms with E-state index < -0.39 is 24.0 Å². The van der Waals surface area contributed by atoms with E-state index in [0.717, 1.165) is 5.56 Å². The van der Waals surface area contributed by atoms with Crippen LogP contribution in [-0.2, 0) is 15.9 Å². The molecular weight excluding hydrogens is 330 g/mol. The van der Waals surface area contributed by atoms with E-state index in [2.05, 4.69) is 16.9 Å². The van der Waals surface area contributed by atoms with Gasteiger partial charge in [0.2, 0.25) is 0 Å². The minimum absolute atomic E-state index is 0.468. The van der Waals surface area contributed by atoms with Gasteiger partial charge in [-0.2, -0.15) is 5.10 Å². The highest BCUT2D eigenvalue weighted by molar-refractivity contribution is 6.54. The Labute approximate surface area is 154 Å². The second-order valence-electron chi connectivity index (χ2n) is 7.21. The van der Waals surface area contributed by atoms with Crippen molar-refractivity contribution in [3.05, 3.63) is 59.6 Å². The van der Waals surface area contributed by atoms with Gasteiger partial charge in [-0.15, -0.1) is 0 Å². The zero-order valence-corrected chi connectivity index (χ0v) is 15.5. The molecule has 0 bridgehead atoms. The highest BCUT2D eigenvalue weighted by atomic mass is 19.1. The standard InChI is InChI=1S/C20H22BFN2O2/c1-19(2)20(3,4)26-21(25-19)18(22)15-17-10-6-5-9-16(17)11-7-13-24-14-8-12-23-24/h5-6,8-10,12,14-15H,13H2,1-4H3. The summed E-state index contributed by atoms with van der Waals surface area (Å²) >= 11 is 0. The molecule has 0 saturated carbocycles. The Bertz CT molecular complexity index is 847. The molecule has 6 heteroatoms. The van der Waals surface area contributed by atoms with Gasteiger partial charge in [0.15, 0.2) is 0 Å².